The molecule has 3 N–H and O–H groups in total. The lowest BCUT2D eigenvalue weighted by atomic mass is 9.82. The minimum absolute atomic E-state index is 0.0926. The molecule has 2 heterocycles. The number of hydrogen-bond acceptors (Lipinski definition) is 7. The van der Waals surface area contributed by atoms with Crippen molar-refractivity contribution in [3.8, 4) is 0 Å². The van der Waals surface area contributed by atoms with Gasteiger partial charge in [0, 0.05) is 23.8 Å². The summed E-state index contributed by atoms with van der Waals surface area (Å²) >= 11 is 1.42. The lowest BCUT2D eigenvalue weighted by Crippen LogP contribution is -2.43. The quantitative estimate of drug-likeness (QED) is 0.784. The molecular weight excluding hydrogens is 355 g/mol. The molecule has 0 amide bonds. The van der Waals surface area contributed by atoms with Crippen molar-refractivity contribution in [2.45, 2.75) is 19.4 Å². The van der Waals surface area contributed by atoms with Crippen LogP contribution in [0.15, 0.2) is 52.1 Å². The maximum atomic E-state index is 13.4. The number of nitrogens with two attached hydrogens (primary N) is 1. The van der Waals surface area contributed by atoms with E-state index in [-0.39, 0.29) is 19.0 Å². The second-order valence-corrected chi connectivity index (χ2v) is 6.67. The Balaban J connectivity index is 2.19. The van der Waals surface area contributed by atoms with Gasteiger partial charge in [-0.25, -0.2) is 19.2 Å². The number of nitrogens with one attached hydrogen (secondary N) is 1. The van der Waals surface area contributed by atoms with Crippen LogP contribution in [0.25, 0.3) is 0 Å². The molecule has 6 nitrogen and oxygen atoms in total. The average Bonchev–Trinajstić information content (AvgIpc) is 3.16. The summed E-state index contributed by atoms with van der Waals surface area (Å²) in [5.41, 5.74) is 6.30. The normalized spacial score (nSPS) is 19.8. The Morgan fingerprint density at radius 1 is 1.38 bits per heavy atom. The van der Waals surface area contributed by atoms with E-state index >= 15 is 0 Å². The van der Waals surface area contributed by atoms with Crippen LogP contribution in [0.3, 0.4) is 0 Å². The average molecular weight is 374 g/mol. The molecule has 0 fully saturated rings. The van der Waals surface area contributed by atoms with E-state index in [9.17, 15) is 9.18 Å². The molecule has 0 saturated heterocycles. The first-order valence-electron chi connectivity index (χ1n) is 8.13. The SMILES string of the molecule is CCOC(=O)C1=C(CN)NC(c2nccs2)=NC1(C)c1ccc(F)cc1. The van der Waals surface area contributed by atoms with Crippen LogP contribution >= 0.6 is 11.3 Å². The highest BCUT2D eigenvalue weighted by atomic mass is 32.1. The van der Waals surface area contributed by atoms with Gasteiger partial charge in [0.15, 0.2) is 10.8 Å². The number of rotatable bonds is 5. The smallest absolute Gasteiger partial charge is 0.338 e. The van der Waals surface area contributed by atoms with Crippen molar-refractivity contribution in [3.63, 3.8) is 0 Å². The lowest BCUT2D eigenvalue weighted by Gasteiger charge is -2.34. The Morgan fingerprint density at radius 3 is 2.69 bits per heavy atom. The number of aliphatic imine (C=N–C) groups is 1. The van der Waals surface area contributed by atoms with Gasteiger partial charge in [-0.2, -0.15) is 0 Å². The summed E-state index contributed by atoms with van der Waals surface area (Å²) in [6.45, 7) is 3.84. The van der Waals surface area contributed by atoms with Crippen molar-refractivity contribution in [2.75, 3.05) is 13.2 Å². The summed E-state index contributed by atoms with van der Waals surface area (Å²) in [5, 5.41) is 5.62. The number of hydrogen-bond donors (Lipinski definition) is 2. The third-order valence-electron chi connectivity index (χ3n) is 4.12. The first kappa shape index (κ1) is 18.2. The van der Waals surface area contributed by atoms with E-state index in [1.165, 1.54) is 23.5 Å². The Hall–Kier alpha value is -2.58. The molecule has 1 aromatic carbocycles. The summed E-state index contributed by atoms with van der Waals surface area (Å²) in [7, 11) is 0. The van der Waals surface area contributed by atoms with Crippen LogP contribution in [0.1, 0.15) is 24.4 Å². The van der Waals surface area contributed by atoms with Crippen molar-refractivity contribution in [2.24, 2.45) is 10.7 Å². The third-order valence-corrected chi connectivity index (χ3v) is 4.90. The number of aromatic nitrogens is 1. The van der Waals surface area contributed by atoms with Crippen LogP contribution < -0.4 is 11.1 Å². The van der Waals surface area contributed by atoms with E-state index in [2.05, 4.69) is 10.3 Å². The molecule has 1 aliphatic heterocycles. The molecule has 1 aliphatic rings. The molecule has 1 unspecified atom stereocenters. The highest BCUT2D eigenvalue weighted by Crippen LogP contribution is 2.38. The zero-order valence-corrected chi connectivity index (χ0v) is 15.3. The number of carbonyl (C=O) groups excluding carboxylic acids is 1. The predicted molar refractivity (Wildman–Crippen MR) is 98.3 cm³/mol. The molecule has 0 aliphatic carbocycles. The molecule has 0 bridgehead atoms. The van der Waals surface area contributed by atoms with Gasteiger partial charge in [0.05, 0.1) is 12.2 Å². The van der Waals surface area contributed by atoms with Gasteiger partial charge in [-0.1, -0.05) is 12.1 Å². The molecule has 1 atom stereocenters. The Bertz CT molecular complexity index is 862. The van der Waals surface area contributed by atoms with Crippen LogP contribution in [0.5, 0.6) is 0 Å². The molecule has 26 heavy (non-hydrogen) atoms. The summed E-state index contributed by atoms with van der Waals surface area (Å²) in [4.78, 5) is 21.7. The van der Waals surface area contributed by atoms with E-state index < -0.39 is 11.5 Å². The van der Waals surface area contributed by atoms with Crippen LogP contribution in [-0.4, -0.2) is 29.9 Å². The predicted octanol–water partition coefficient (Wildman–Crippen LogP) is 2.32. The molecule has 0 saturated carbocycles. The molecule has 136 valence electrons. The first-order valence-corrected chi connectivity index (χ1v) is 9.01. The number of ether oxygens (including phenoxy) is 1. The molecule has 8 heteroatoms. The second kappa shape index (κ2) is 7.35. The largest absolute Gasteiger partial charge is 0.463 e. The fraction of sp³-hybridized carbons (Fsp3) is 0.278. The van der Waals surface area contributed by atoms with Gasteiger partial charge in [0.25, 0.3) is 0 Å². The fourth-order valence-corrected chi connectivity index (χ4v) is 3.49. The van der Waals surface area contributed by atoms with Gasteiger partial charge >= 0.3 is 5.97 Å². The minimum Gasteiger partial charge on any atom is -0.463 e. The monoisotopic (exact) mass is 374 g/mol. The van der Waals surface area contributed by atoms with Crippen molar-refractivity contribution in [1.29, 1.82) is 0 Å². The molecule has 2 aromatic rings. The zero-order chi connectivity index (χ0) is 18.7. The van der Waals surface area contributed by atoms with Crippen molar-refractivity contribution in [1.82, 2.24) is 10.3 Å². The van der Waals surface area contributed by atoms with Gasteiger partial charge in [-0.15, -0.1) is 11.3 Å². The molecule has 3 rings (SSSR count). The standard InChI is InChI=1S/C18H19FN4O2S/c1-3-25-17(24)14-13(10-20)22-15(16-21-8-9-26-16)23-18(14,2)11-4-6-12(19)7-5-11/h4-9H,3,10,20H2,1-2H3,(H,22,23). The maximum absolute atomic E-state index is 13.4. The summed E-state index contributed by atoms with van der Waals surface area (Å²) in [6.07, 6.45) is 1.67. The Labute approximate surface area is 154 Å². The van der Waals surface area contributed by atoms with E-state index in [0.29, 0.717) is 27.7 Å². The van der Waals surface area contributed by atoms with Crippen LogP contribution in [0, 0.1) is 5.82 Å². The topological polar surface area (TPSA) is 89.6 Å². The number of benzene rings is 1. The number of amidine groups is 1. The van der Waals surface area contributed by atoms with Crippen molar-refractivity contribution < 1.29 is 13.9 Å². The van der Waals surface area contributed by atoms with Crippen LogP contribution in [0.2, 0.25) is 0 Å². The molecule has 1 aromatic heterocycles. The first-order chi connectivity index (χ1) is 12.5. The zero-order valence-electron chi connectivity index (χ0n) is 14.5. The summed E-state index contributed by atoms with van der Waals surface area (Å²) in [5.74, 6) is -0.356. The molecule has 0 radical (unpaired) electrons. The number of thiazole rings is 1. The van der Waals surface area contributed by atoms with Crippen molar-refractivity contribution in [3.05, 3.63) is 63.5 Å². The minimum atomic E-state index is -1.08. The van der Waals surface area contributed by atoms with Gasteiger partial charge in [-0.3, -0.25) is 0 Å². The van der Waals surface area contributed by atoms with Crippen LogP contribution in [0.4, 0.5) is 4.39 Å². The maximum Gasteiger partial charge on any atom is 0.338 e. The number of esters is 1. The molecule has 0 spiro atoms. The van der Waals surface area contributed by atoms with Gasteiger partial charge < -0.3 is 15.8 Å². The number of carbonyl (C=O) groups is 1. The molecular formula is C18H19FN4O2S. The van der Waals surface area contributed by atoms with E-state index in [0.717, 1.165) is 0 Å². The van der Waals surface area contributed by atoms with E-state index in [4.69, 9.17) is 15.5 Å². The van der Waals surface area contributed by atoms with Crippen molar-refractivity contribution >= 4 is 23.1 Å². The van der Waals surface area contributed by atoms with E-state index in [1.54, 1.807) is 32.2 Å². The Kier molecular flexibility index (Phi) is 5.15. The second-order valence-electron chi connectivity index (χ2n) is 5.78. The third kappa shape index (κ3) is 3.25. The Morgan fingerprint density at radius 2 is 2.12 bits per heavy atom. The highest BCUT2D eigenvalue weighted by Gasteiger charge is 2.42. The summed E-state index contributed by atoms with van der Waals surface area (Å²) in [6, 6.07) is 5.90. The van der Waals surface area contributed by atoms with Gasteiger partial charge in [0.1, 0.15) is 11.4 Å². The van der Waals surface area contributed by atoms with Gasteiger partial charge in [0.2, 0.25) is 0 Å². The number of halogens is 1. The lowest BCUT2D eigenvalue weighted by molar-refractivity contribution is -0.139. The number of nitrogens with zero attached hydrogens (tertiary/aromatic N) is 2. The van der Waals surface area contributed by atoms with E-state index in [1.807, 2.05) is 5.38 Å². The van der Waals surface area contributed by atoms with Gasteiger partial charge in [-0.05, 0) is 31.5 Å². The summed E-state index contributed by atoms with van der Waals surface area (Å²) < 4.78 is 18.6. The fourth-order valence-electron chi connectivity index (χ4n) is 2.91. The highest BCUT2D eigenvalue weighted by molar-refractivity contribution is 7.11. The van der Waals surface area contributed by atoms with Crippen LogP contribution in [-0.2, 0) is 15.1 Å².